The van der Waals surface area contributed by atoms with Gasteiger partial charge in [0.1, 0.15) is 18.0 Å². The van der Waals surface area contributed by atoms with E-state index in [1.807, 2.05) is 31.3 Å². The molecule has 2 aromatic rings. The summed E-state index contributed by atoms with van der Waals surface area (Å²) in [5, 5.41) is 0. The zero-order chi connectivity index (χ0) is 17.6. The Kier molecular flexibility index (Phi) is 5.81. The van der Waals surface area contributed by atoms with Crippen molar-refractivity contribution >= 4 is 11.6 Å². The lowest BCUT2D eigenvalue weighted by atomic mass is 10.0. The average molecular weight is 340 g/mol. The number of hydrogen-bond acceptors (Lipinski definition) is 6. The largest absolute Gasteiger partial charge is 0.363 e. The second-order valence-electron chi connectivity index (χ2n) is 6.91. The Morgan fingerprint density at radius 3 is 2.72 bits per heavy atom. The molecule has 1 aliphatic heterocycles. The first-order valence-corrected chi connectivity index (χ1v) is 8.98. The Bertz CT molecular complexity index is 660. The third-order valence-corrected chi connectivity index (χ3v) is 4.90. The van der Waals surface area contributed by atoms with Crippen molar-refractivity contribution in [3.8, 4) is 0 Å². The number of anilines is 2. The number of nitrogens with zero attached hydrogens (tertiary/aromatic N) is 6. The first kappa shape index (κ1) is 17.6. The van der Waals surface area contributed by atoms with Crippen LogP contribution < -0.4 is 9.80 Å². The summed E-state index contributed by atoms with van der Waals surface area (Å²) in [6, 6.07) is 8.69. The summed E-state index contributed by atoms with van der Waals surface area (Å²) < 4.78 is 0. The molecule has 0 N–H and O–H groups in total. The number of rotatable bonds is 6. The van der Waals surface area contributed by atoms with Gasteiger partial charge in [0.05, 0.1) is 0 Å². The lowest BCUT2D eigenvalue weighted by molar-refractivity contribution is 0.207. The van der Waals surface area contributed by atoms with Crippen molar-refractivity contribution in [2.75, 3.05) is 50.6 Å². The summed E-state index contributed by atoms with van der Waals surface area (Å²) in [4.78, 5) is 20.1. The smallest absolute Gasteiger partial charge is 0.134 e. The van der Waals surface area contributed by atoms with Gasteiger partial charge in [0.15, 0.2) is 0 Å². The molecule has 0 aliphatic carbocycles. The van der Waals surface area contributed by atoms with E-state index >= 15 is 0 Å². The second-order valence-corrected chi connectivity index (χ2v) is 6.91. The quantitative estimate of drug-likeness (QED) is 0.802. The van der Waals surface area contributed by atoms with Crippen LogP contribution in [-0.2, 0) is 6.42 Å². The van der Waals surface area contributed by atoms with Crippen LogP contribution in [0.4, 0.5) is 11.6 Å². The van der Waals surface area contributed by atoms with E-state index in [2.05, 4.69) is 50.0 Å². The van der Waals surface area contributed by atoms with Gasteiger partial charge in [-0.25, -0.2) is 9.97 Å². The molecule has 1 fully saturated rings. The molecule has 1 atom stereocenters. The fraction of sp³-hybridized carbons (Fsp3) is 0.526. The lowest BCUT2D eigenvalue weighted by Crippen LogP contribution is -2.47. The summed E-state index contributed by atoms with van der Waals surface area (Å²) >= 11 is 0. The van der Waals surface area contributed by atoms with Crippen LogP contribution in [-0.4, -0.2) is 66.7 Å². The summed E-state index contributed by atoms with van der Waals surface area (Å²) in [5.74, 6) is 1.94. The minimum Gasteiger partial charge on any atom is -0.363 e. The molecule has 134 valence electrons. The predicted octanol–water partition coefficient (Wildman–Crippen LogP) is 2.08. The van der Waals surface area contributed by atoms with Gasteiger partial charge in [-0.05, 0) is 31.5 Å². The number of piperidine rings is 1. The Morgan fingerprint density at radius 1 is 1.12 bits per heavy atom. The van der Waals surface area contributed by atoms with Gasteiger partial charge in [-0.15, -0.1) is 0 Å². The molecule has 25 heavy (non-hydrogen) atoms. The number of pyridine rings is 1. The minimum absolute atomic E-state index is 0.488. The predicted molar refractivity (Wildman–Crippen MR) is 102 cm³/mol. The second kappa shape index (κ2) is 8.25. The first-order valence-electron chi connectivity index (χ1n) is 8.98. The molecular formula is C19H28N6. The maximum Gasteiger partial charge on any atom is 0.134 e. The summed E-state index contributed by atoms with van der Waals surface area (Å²) in [6.45, 7) is 3.31. The van der Waals surface area contributed by atoms with Gasteiger partial charge in [0.2, 0.25) is 0 Å². The molecule has 0 amide bonds. The highest BCUT2D eigenvalue weighted by Gasteiger charge is 2.24. The highest BCUT2D eigenvalue weighted by molar-refractivity contribution is 5.49. The highest BCUT2D eigenvalue weighted by Crippen LogP contribution is 2.22. The molecular weight excluding hydrogens is 312 g/mol. The van der Waals surface area contributed by atoms with Gasteiger partial charge in [-0.1, -0.05) is 6.07 Å². The topological polar surface area (TPSA) is 48.4 Å². The van der Waals surface area contributed by atoms with Crippen molar-refractivity contribution in [2.24, 2.45) is 0 Å². The molecule has 0 aromatic carbocycles. The Hall–Kier alpha value is -2.21. The third kappa shape index (κ3) is 4.66. The SMILES string of the molecule is CN(C)c1cc(N(C)C2CCCN(CCc3ccccn3)C2)ncn1. The molecule has 1 unspecified atom stereocenters. The van der Waals surface area contributed by atoms with E-state index in [0.29, 0.717) is 6.04 Å². The van der Waals surface area contributed by atoms with Crippen molar-refractivity contribution in [3.05, 3.63) is 42.5 Å². The maximum absolute atomic E-state index is 4.48. The van der Waals surface area contributed by atoms with Crippen molar-refractivity contribution in [1.29, 1.82) is 0 Å². The number of likely N-dealkylation sites (N-methyl/N-ethyl adjacent to an activating group) is 1. The molecule has 0 saturated carbocycles. The van der Waals surface area contributed by atoms with E-state index < -0.39 is 0 Å². The van der Waals surface area contributed by atoms with E-state index in [1.54, 1.807) is 6.33 Å². The molecule has 3 rings (SSSR count). The van der Waals surface area contributed by atoms with Crippen LogP contribution in [0.25, 0.3) is 0 Å². The standard InChI is InChI=1S/C19H28N6/c1-23(2)18-13-19(22-15-21-18)24(3)17-8-6-11-25(14-17)12-9-16-7-4-5-10-20-16/h4-5,7,10,13,15,17H,6,8-9,11-12,14H2,1-3H3. The van der Waals surface area contributed by atoms with E-state index in [-0.39, 0.29) is 0 Å². The van der Waals surface area contributed by atoms with Gasteiger partial charge < -0.3 is 14.7 Å². The number of hydrogen-bond donors (Lipinski definition) is 0. The van der Waals surface area contributed by atoms with Crippen LogP contribution in [0.5, 0.6) is 0 Å². The minimum atomic E-state index is 0.488. The molecule has 0 radical (unpaired) electrons. The van der Waals surface area contributed by atoms with Crippen LogP contribution in [0, 0.1) is 0 Å². The van der Waals surface area contributed by atoms with E-state index in [1.165, 1.54) is 25.1 Å². The van der Waals surface area contributed by atoms with Crippen LogP contribution in [0.1, 0.15) is 18.5 Å². The van der Waals surface area contributed by atoms with Gasteiger partial charge in [0, 0.05) is 64.7 Å². The Labute approximate surface area is 150 Å². The van der Waals surface area contributed by atoms with E-state index in [4.69, 9.17) is 0 Å². The normalized spacial score (nSPS) is 18.1. The van der Waals surface area contributed by atoms with Gasteiger partial charge in [-0.2, -0.15) is 0 Å². The summed E-state index contributed by atoms with van der Waals surface area (Å²) in [6.07, 6.45) is 6.97. The zero-order valence-electron chi connectivity index (χ0n) is 15.5. The van der Waals surface area contributed by atoms with Crippen LogP contribution in [0.2, 0.25) is 0 Å². The van der Waals surface area contributed by atoms with Gasteiger partial charge >= 0.3 is 0 Å². The summed E-state index contributed by atoms with van der Waals surface area (Å²) in [5.41, 5.74) is 1.17. The van der Waals surface area contributed by atoms with E-state index in [0.717, 1.165) is 31.1 Å². The molecule has 6 nitrogen and oxygen atoms in total. The fourth-order valence-electron chi connectivity index (χ4n) is 3.33. The summed E-state index contributed by atoms with van der Waals surface area (Å²) in [7, 11) is 6.16. The molecule has 0 spiro atoms. The fourth-order valence-corrected chi connectivity index (χ4v) is 3.33. The molecule has 3 heterocycles. The first-order chi connectivity index (χ1) is 12.1. The Balaban J connectivity index is 1.59. The van der Waals surface area contributed by atoms with Crippen LogP contribution in [0.3, 0.4) is 0 Å². The van der Waals surface area contributed by atoms with Crippen LogP contribution in [0.15, 0.2) is 36.8 Å². The van der Waals surface area contributed by atoms with Crippen molar-refractivity contribution in [2.45, 2.75) is 25.3 Å². The monoisotopic (exact) mass is 340 g/mol. The van der Waals surface area contributed by atoms with Crippen LogP contribution >= 0.6 is 0 Å². The third-order valence-electron chi connectivity index (χ3n) is 4.90. The zero-order valence-corrected chi connectivity index (χ0v) is 15.5. The van der Waals surface area contributed by atoms with Crippen molar-refractivity contribution < 1.29 is 0 Å². The lowest BCUT2D eigenvalue weighted by Gasteiger charge is -2.38. The van der Waals surface area contributed by atoms with Gasteiger partial charge in [-0.3, -0.25) is 4.98 Å². The van der Waals surface area contributed by atoms with E-state index in [9.17, 15) is 0 Å². The molecule has 1 aliphatic rings. The van der Waals surface area contributed by atoms with Crippen molar-refractivity contribution in [3.63, 3.8) is 0 Å². The maximum atomic E-state index is 4.48. The van der Waals surface area contributed by atoms with Gasteiger partial charge in [0.25, 0.3) is 0 Å². The number of likely N-dealkylation sites (tertiary alicyclic amines) is 1. The van der Waals surface area contributed by atoms with Crippen molar-refractivity contribution in [1.82, 2.24) is 19.9 Å². The highest BCUT2D eigenvalue weighted by atomic mass is 15.3. The molecule has 2 aromatic heterocycles. The number of aromatic nitrogens is 3. The average Bonchev–Trinajstić information content (AvgIpc) is 2.67. The molecule has 0 bridgehead atoms. The molecule has 6 heteroatoms. The Morgan fingerprint density at radius 2 is 1.96 bits per heavy atom. The molecule has 1 saturated heterocycles.